The Balaban J connectivity index is 1.56. The third-order valence-corrected chi connectivity index (χ3v) is 6.82. The summed E-state index contributed by atoms with van der Waals surface area (Å²) in [4.78, 5) is 42.5. The molecule has 3 aliphatic rings. The summed E-state index contributed by atoms with van der Waals surface area (Å²) in [5.74, 6) is -0.0930. The summed E-state index contributed by atoms with van der Waals surface area (Å²) in [5.41, 5.74) is -0.0234. The van der Waals surface area contributed by atoms with Crippen LogP contribution in [-0.4, -0.2) is 53.3 Å². The number of amides is 2. The van der Waals surface area contributed by atoms with Crippen molar-refractivity contribution in [1.29, 1.82) is 0 Å². The molecule has 1 saturated heterocycles. The Morgan fingerprint density at radius 1 is 1.05 bits per heavy atom. The quantitative estimate of drug-likeness (QED) is 0.497. The summed E-state index contributed by atoms with van der Waals surface area (Å²) in [5, 5.41) is 1.36. The second-order valence-electron chi connectivity index (χ2n) is 11.4. The van der Waals surface area contributed by atoms with Crippen LogP contribution in [0.2, 0.25) is 0 Å². The predicted octanol–water partition coefficient (Wildman–Crippen LogP) is 4.17. The summed E-state index contributed by atoms with van der Waals surface area (Å²) in [6.07, 6.45) is 3.68. The van der Waals surface area contributed by atoms with Gasteiger partial charge in [-0.1, -0.05) is 30.3 Å². The lowest BCUT2D eigenvalue weighted by Gasteiger charge is -2.40. The lowest BCUT2D eigenvalue weighted by atomic mass is 10.2. The molecular formula is C29H37N3O7. The maximum Gasteiger partial charge on any atom is 0.431 e. The summed E-state index contributed by atoms with van der Waals surface area (Å²) >= 11 is 0. The topological polar surface area (TPSA) is 99.5 Å². The Hall–Kier alpha value is -3.37. The fourth-order valence-electron chi connectivity index (χ4n) is 4.74. The third-order valence-electron chi connectivity index (χ3n) is 6.82. The highest BCUT2D eigenvalue weighted by atomic mass is 16.7. The van der Waals surface area contributed by atoms with E-state index >= 15 is 0 Å². The molecule has 2 fully saturated rings. The Morgan fingerprint density at radius 2 is 1.82 bits per heavy atom. The first-order valence-electron chi connectivity index (χ1n) is 13.7. The molecule has 10 heteroatoms. The van der Waals surface area contributed by atoms with Gasteiger partial charge >= 0.3 is 6.09 Å². The van der Waals surface area contributed by atoms with Gasteiger partial charge in [0.05, 0.1) is 12.3 Å². The van der Waals surface area contributed by atoms with Crippen molar-refractivity contribution in [2.45, 2.75) is 78.0 Å². The summed E-state index contributed by atoms with van der Waals surface area (Å²) in [6.45, 7) is 6.51. The van der Waals surface area contributed by atoms with Crippen LogP contribution in [0.1, 0.15) is 74.6 Å². The van der Waals surface area contributed by atoms with Crippen LogP contribution >= 0.6 is 0 Å². The van der Waals surface area contributed by atoms with Crippen LogP contribution in [0.5, 0.6) is 5.75 Å². The van der Waals surface area contributed by atoms with Crippen LogP contribution in [0.4, 0.5) is 4.79 Å². The molecule has 0 N–H and O–H groups in total. The fraction of sp³-hybridized carbons (Fsp3) is 0.552. The van der Waals surface area contributed by atoms with Gasteiger partial charge in [0.25, 0.3) is 5.91 Å². The summed E-state index contributed by atoms with van der Waals surface area (Å²) in [7, 11) is 0. The van der Waals surface area contributed by atoms with Crippen LogP contribution in [0, 0.1) is 5.92 Å². The molecule has 1 aromatic carbocycles. The molecule has 0 bridgehead atoms. The van der Waals surface area contributed by atoms with Crippen molar-refractivity contribution in [2.75, 3.05) is 24.8 Å². The van der Waals surface area contributed by atoms with E-state index in [1.165, 1.54) is 15.8 Å². The molecular weight excluding hydrogens is 502 g/mol. The van der Waals surface area contributed by atoms with E-state index < -0.39 is 23.4 Å². The molecule has 10 nitrogen and oxygen atoms in total. The van der Waals surface area contributed by atoms with Crippen molar-refractivity contribution in [1.82, 2.24) is 9.58 Å². The van der Waals surface area contributed by atoms with Gasteiger partial charge in [0, 0.05) is 19.2 Å². The number of fused-ring (bicyclic) bond motifs is 1. The number of hydrogen-bond donors (Lipinski definition) is 0. The van der Waals surface area contributed by atoms with E-state index in [4.69, 9.17) is 18.9 Å². The number of carbonyl (C=O) groups is 2. The van der Waals surface area contributed by atoms with Crippen LogP contribution in [-0.2, 0) is 27.4 Å². The molecule has 1 unspecified atom stereocenters. The molecule has 1 atom stereocenters. The Kier molecular flexibility index (Phi) is 7.95. The SMILES string of the molecule is CC(C)(C)OC(=O)N1CN(CC2CC2)C(=O)c2c(OCc3ccccc3)c(=O)cc(COC3CCCCO3)n21. The van der Waals surface area contributed by atoms with E-state index in [1.807, 2.05) is 30.3 Å². The van der Waals surface area contributed by atoms with E-state index in [9.17, 15) is 14.4 Å². The first-order valence-corrected chi connectivity index (χ1v) is 13.7. The molecule has 39 heavy (non-hydrogen) atoms. The Morgan fingerprint density at radius 3 is 2.49 bits per heavy atom. The lowest BCUT2D eigenvalue weighted by molar-refractivity contribution is -0.170. The Labute approximate surface area is 228 Å². The number of benzene rings is 1. The van der Waals surface area contributed by atoms with Gasteiger partial charge in [-0.05, 0) is 64.4 Å². The fourth-order valence-corrected chi connectivity index (χ4v) is 4.74. The number of nitrogens with zero attached hydrogens (tertiary/aromatic N) is 3. The summed E-state index contributed by atoms with van der Waals surface area (Å²) < 4.78 is 24.9. The molecule has 0 spiro atoms. The van der Waals surface area contributed by atoms with Crippen molar-refractivity contribution >= 4 is 12.0 Å². The molecule has 2 aliphatic heterocycles. The number of ether oxygens (including phenoxy) is 4. The van der Waals surface area contributed by atoms with Crippen molar-refractivity contribution in [3.63, 3.8) is 0 Å². The molecule has 210 valence electrons. The zero-order valence-electron chi connectivity index (χ0n) is 22.9. The van der Waals surface area contributed by atoms with Gasteiger partial charge < -0.3 is 23.8 Å². The zero-order chi connectivity index (χ0) is 27.6. The van der Waals surface area contributed by atoms with E-state index in [0.717, 1.165) is 37.7 Å². The number of aromatic nitrogens is 1. The standard InChI is InChI=1S/C29H37N3O7/c1-29(2,3)39-28(35)31-19-30(16-20-12-13-20)27(34)25-26(38-17-21-9-5-4-6-10-21)23(33)15-22(32(25)31)18-37-24-11-7-8-14-36-24/h4-6,9-10,15,20,24H,7-8,11-14,16-19H2,1-3H3. The highest BCUT2D eigenvalue weighted by Crippen LogP contribution is 2.33. The minimum Gasteiger partial charge on any atom is -0.482 e. The van der Waals surface area contributed by atoms with Crippen LogP contribution in [0.15, 0.2) is 41.2 Å². The monoisotopic (exact) mass is 539 g/mol. The van der Waals surface area contributed by atoms with Gasteiger partial charge in [0.1, 0.15) is 18.9 Å². The maximum absolute atomic E-state index is 13.9. The molecule has 3 heterocycles. The summed E-state index contributed by atoms with van der Waals surface area (Å²) in [6, 6.07) is 10.8. The lowest BCUT2D eigenvalue weighted by Crippen LogP contribution is -2.58. The van der Waals surface area contributed by atoms with Crippen LogP contribution in [0.3, 0.4) is 0 Å². The minimum atomic E-state index is -0.766. The normalized spacial score (nSPS) is 19.6. The van der Waals surface area contributed by atoms with E-state index in [0.29, 0.717) is 24.8 Å². The highest BCUT2D eigenvalue weighted by Gasteiger charge is 2.41. The average molecular weight is 540 g/mol. The van der Waals surface area contributed by atoms with E-state index in [1.54, 1.807) is 25.7 Å². The van der Waals surface area contributed by atoms with Crippen molar-refractivity contribution in [3.8, 4) is 5.75 Å². The van der Waals surface area contributed by atoms with Crippen LogP contribution < -0.4 is 15.2 Å². The maximum atomic E-state index is 13.9. The second-order valence-corrected chi connectivity index (χ2v) is 11.4. The van der Waals surface area contributed by atoms with Gasteiger partial charge in [-0.3, -0.25) is 9.59 Å². The average Bonchev–Trinajstić information content (AvgIpc) is 3.72. The molecule has 0 radical (unpaired) electrons. The smallest absolute Gasteiger partial charge is 0.431 e. The molecule has 1 saturated carbocycles. The van der Waals surface area contributed by atoms with Gasteiger partial charge in [-0.15, -0.1) is 0 Å². The number of carbonyl (C=O) groups excluding carboxylic acids is 2. The Bertz CT molecular complexity index is 1240. The predicted molar refractivity (Wildman–Crippen MR) is 143 cm³/mol. The van der Waals surface area contributed by atoms with Gasteiger partial charge in [-0.25, -0.2) is 9.47 Å². The second kappa shape index (κ2) is 11.4. The van der Waals surface area contributed by atoms with E-state index in [2.05, 4.69) is 0 Å². The van der Waals surface area contributed by atoms with Crippen molar-refractivity contribution < 1.29 is 28.5 Å². The van der Waals surface area contributed by atoms with E-state index in [-0.39, 0.29) is 37.2 Å². The minimum absolute atomic E-state index is 0.000599. The van der Waals surface area contributed by atoms with Gasteiger partial charge in [0.2, 0.25) is 5.43 Å². The number of hydrogen-bond acceptors (Lipinski definition) is 7. The number of rotatable bonds is 8. The molecule has 2 amide bonds. The first-order chi connectivity index (χ1) is 18.7. The molecule has 2 aromatic rings. The van der Waals surface area contributed by atoms with Crippen LogP contribution in [0.25, 0.3) is 0 Å². The van der Waals surface area contributed by atoms with Crippen molar-refractivity contribution in [2.24, 2.45) is 5.92 Å². The molecule has 1 aromatic heterocycles. The van der Waals surface area contributed by atoms with Gasteiger partial charge in [0.15, 0.2) is 17.7 Å². The number of pyridine rings is 1. The third kappa shape index (κ3) is 6.62. The zero-order valence-corrected chi connectivity index (χ0v) is 22.9. The highest BCUT2D eigenvalue weighted by molar-refractivity contribution is 5.98. The molecule has 5 rings (SSSR count). The van der Waals surface area contributed by atoms with Crippen molar-refractivity contribution in [3.05, 3.63) is 63.6 Å². The molecule has 1 aliphatic carbocycles. The van der Waals surface area contributed by atoms with Gasteiger partial charge in [-0.2, -0.15) is 5.01 Å². The largest absolute Gasteiger partial charge is 0.482 e. The first kappa shape index (κ1) is 27.2.